The monoisotopic (exact) mass is 426 g/mol. The first-order valence-corrected chi connectivity index (χ1v) is 8.02. The van der Waals surface area contributed by atoms with Crippen LogP contribution in [0.15, 0.2) is 42.5 Å². The molecule has 30 heavy (non-hydrogen) atoms. The number of rotatable bonds is 3. The lowest BCUT2D eigenvalue weighted by Gasteiger charge is -2.15. The lowest BCUT2D eigenvalue weighted by molar-refractivity contribution is -0.384. The molecule has 0 amide bonds. The van der Waals surface area contributed by atoms with Crippen molar-refractivity contribution < 1.29 is 31.3 Å². The fraction of sp³-hybridized carbons (Fsp3) is 0.167. The molecule has 0 aliphatic rings. The van der Waals surface area contributed by atoms with Crippen LogP contribution in [0.25, 0.3) is 11.0 Å². The van der Waals surface area contributed by atoms with E-state index in [0.717, 1.165) is 24.3 Å². The molecule has 3 aromatic rings. The van der Waals surface area contributed by atoms with Gasteiger partial charge in [0.1, 0.15) is 11.6 Å². The van der Waals surface area contributed by atoms with Crippen molar-refractivity contribution in [2.45, 2.75) is 18.3 Å². The summed E-state index contributed by atoms with van der Waals surface area (Å²) in [6.07, 6.45) is -10.2. The number of nitrogens with zero attached hydrogens (tertiary/aromatic N) is 4. The fourth-order valence-corrected chi connectivity index (χ4v) is 2.76. The molecule has 1 unspecified atom stereocenters. The Labute approximate surface area is 163 Å². The highest BCUT2D eigenvalue weighted by Crippen LogP contribution is 2.38. The van der Waals surface area contributed by atoms with E-state index in [2.05, 4.69) is 9.97 Å². The fourth-order valence-electron chi connectivity index (χ4n) is 2.76. The van der Waals surface area contributed by atoms with E-state index < -0.39 is 45.5 Å². The third kappa shape index (κ3) is 4.00. The summed E-state index contributed by atoms with van der Waals surface area (Å²) >= 11 is 0. The third-order valence-corrected chi connectivity index (χ3v) is 4.15. The summed E-state index contributed by atoms with van der Waals surface area (Å²) in [6, 6.07) is 8.43. The Morgan fingerprint density at radius 3 is 2.10 bits per heavy atom. The number of hydrogen-bond donors (Lipinski definition) is 0. The minimum atomic E-state index is -5.14. The molecule has 0 bridgehead atoms. The Hall–Kier alpha value is -3.75. The van der Waals surface area contributed by atoms with E-state index in [1.165, 1.54) is 12.1 Å². The number of pyridine rings is 2. The van der Waals surface area contributed by atoms with E-state index in [4.69, 9.17) is 0 Å². The van der Waals surface area contributed by atoms with E-state index in [1.54, 1.807) is 0 Å². The molecule has 0 fully saturated rings. The van der Waals surface area contributed by atoms with E-state index >= 15 is 0 Å². The highest BCUT2D eigenvalue weighted by molar-refractivity contribution is 5.80. The maximum absolute atomic E-state index is 13.2. The summed E-state index contributed by atoms with van der Waals surface area (Å²) in [6.45, 7) is 0. The minimum absolute atomic E-state index is 0.0954. The first kappa shape index (κ1) is 21.0. The van der Waals surface area contributed by atoms with Crippen LogP contribution in [0.5, 0.6) is 0 Å². The van der Waals surface area contributed by atoms with Crippen molar-refractivity contribution in [3.05, 3.63) is 75.1 Å². The molecule has 0 aliphatic heterocycles. The van der Waals surface area contributed by atoms with Gasteiger partial charge >= 0.3 is 12.4 Å². The maximum atomic E-state index is 13.2. The number of alkyl halides is 6. The van der Waals surface area contributed by atoms with Gasteiger partial charge < -0.3 is 0 Å². The summed E-state index contributed by atoms with van der Waals surface area (Å²) < 4.78 is 78.8. The number of nitro benzene ring substituents is 1. The molecule has 2 aromatic heterocycles. The predicted octanol–water partition coefficient (Wildman–Crippen LogP) is 5.23. The molecule has 154 valence electrons. The lowest BCUT2D eigenvalue weighted by atomic mass is 9.96. The smallest absolute Gasteiger partial charge is 0.258 e. The summed E-state index contributed by atoms with van der Waals surface area (Å²) in [4.78, 5) is 17.0. The van der Waals surface area contributed by atoms with Crippen molar-refractivity contribution in [3.8, 4) is 6.07 Å². The molecule has 3 rings (SSSR count). The second-order valence-electron chi connectivity index (χ2n) is 6.07. The van der Waals surface area contributed by atoms with Gasteiger partial charge in [-0.3, -0.25) is 10.1 Å². The van der Waals surface area contributed by atoms with Crippen LogP contribution in [0.4, 0.5) is 32.0 Å². The van der Waals surface area contributed by atoms with Crippen molar-refractivity contribution in [3.63, 3.8) is 0 Å². The Bertz CT molecular complexity index is 1170. The quantitative estimate of drug-likeness (QED) is 0.325. The number of hydrogen-bond acceptors (Lipinski definition) is 5. The standard InChI is InChI=1S/C18H8F6N4O2/c19-17(20,21)13-7-15(18(22,23)24)27-16-11(13)5-6-14(26-16)12(8-25)9-1-3-10(4-2-9)28(29)30/h1-7,12H. The first-order chi connectivity index (χ1) is 13.9. The van der Waals surface area contributed by atoms with Gasteiger partial charge in [-0.25, -0.2) is 9.97 Å². The van der Waals surface area contributed by atoms with E-state index in [9.17, 15) is 41.7 Å². The molecule has 0 spiro atoms. The van der Waals surface area contributed by atoms with Gasteiger partial charge in [0, 0.05) is 17.5 Å². The number of nitro groups is 1. The highest BCUT2D eigenvalue weighted by atomic mass is 19.4. The number of nitriles is 1. The van der Waals surface area contributed by atoms with Crippen molar-refractivity contribution in [1.29, 1.82) is 5.26 Å². The molecule has 12 heteroatoms. The van der Waals surface area contributed by atoms with E-state index in [0.29, 0.717) is 0 Å². The van der Waals surface area contributed by atoms with Crippen LogP contribution >= 0.6 is 0 Å². The number of aromatic nitrogens is 2. The molecule has 0 radical (unpaired) electrons. The van der Waals surface area contributed by atoms with Crippen molar-refractivity contribution in [2.75, 3.05) is 0 Å². The van der Waals surface area contributed by atoms with Gasteiger partial charge in [0.2, 0.25) is 0 Å². The van der Waals surface area contributed by atoms with Gasteiger partial charge in [-0.1, -0.05) is 12.1 Å². The van der Waals surface area contributed by atoms with Gasteiger partial charge in [-0.15, -0.1) is 0 Å². The van der Waals surface area contributed by atoms with Crippen molar-refractivity contribution in [2.24, 2.45) is 0 Å². The molecule has 0 N–H and O–H groups in total. The zero-order chi connectivity index (χ0) is 22.3. The van der Waals surface area contributed by atoms with Crippen molar-refractivity contribution >= 4 is 16.7 Å². The molecule has 0 saturated carbocycles. The molecule has 1 atom stereocenters. The largest absolute Gasteiger partial charge is 0.433 e. The second kappa shape index (κ2) is 7.25. The number of fused-ring (bicyclic) bond motifs is 1. The second-order valence-corrected chi connectivity index (χ2v) is 6.07. The third-order valence-electron chi connectivity index (χ3n) is 4.15. The Kier molecular flexibility index (Phi) is 5.07. The Morgan fingerprint density at radius 2 is 1.60 bits per heavy atom. The summed E-state index contributed by atoms with van der Waals surface area (Å²) in [7, 11) is 0. The van der Waals surface area contributed by atoms with Crippen LogP contribution in [-0.2, 0) is 12.4 Å². The van der Waals surface area contributed by atoms with Crippen LogP contribution in [0.1, 0.15) is 28.4 Å². The summed E-state index contributed by atoms with van der Waals surface area (Å²) in [5, 5.41) is 19.5. The van der Waals surface area contributed by atoms with Crippen molar-refractivity contribution in [1.82, 2.24) is 9.97 Å². The maximum Gasteiger partial charge on any atom is 0.433 e. The molecule has 2 heterocycles. The zero-order valence-electron chi connectivity index (χ0n) is 14.5. The van der Waals surface area contributed by atoms with Crippen LogP contribution < -0.4 is 0 Å². The highest BCUT2D eigenvalue weighted by Gasteiger charge is 2.39. The SMILES string of the molecule is N#CC(c1ccc([N+](=O)[O-])cc1)c1ccc2c(C(F)(F)F)cc(C(F)(F)F)nc2n1. The van der Waals surface area contributed by atoms with Crippen LogP contribution in [0.2, 0.25) is 0 Å². The van der Waals surface area contributed by atoms with Gasteiger partial charge in [0.15, 0.2) is 5.65 Å². The molecule has 0 aliphatic carbocycles. The Morgan fingerprint density at radius 1 is 0.967 bits per heavy atom. The zero-order valence-corrected chi connectivity index (χ0v) is 14.5. The van der Waals surface area contributed by atoms with Gasteiger partial charge in [0.05, 0.1) is 22.2 Å². The average Bonchev–Trinajstić information content (AvgIpc) is 2.66. The minimum Gasteiger partial charge on any atom is -0.258 e. The van der Waals surface area contributed by atoms with Crippen LogP contribution in [-0.4, -0.2) is 14.9 Å². The van der Waals surface area contributed by atoms with Gasteiger partial charge in [0.25, 0.3) is 5.69 Å². The number of benzene rings is 1. The number of halogens is 6. The Balaban J connectivity index is 2.17. The lowest BCUT2D eigenvalue weighted by Crippen LogP contribution is -2.14. The number of non-ortho nitro benzene ring substituents is 1. The molecular formula is C18H8F6N4O2. The molecule has 0 saturated heterocycles. The van der Waals surface area contributed by atoms with Gasteiger partial charge in [-0.2, -0.15) is 31.6 Å². The normalized spacial score (nSPS) is 13.1. The molecular weight excluding hydrogens is 418 g/mol. The molecule has 1 aromatic carbocycles. The summed E-state index contributed by atoms with van der Waals surface area (Å²) in [5.41, 5.74) is -4.33. The summed E-state index contributed by atoms with van der Waals surface area (Å²) in [5.74, 6) is -1.19. The van der Waals surface area contributed by atoms with Gasteiger partial charge in [-0.05, 0) is 23.8 Å². The van der Waals surface area contributed by atoms with Crippen LogP contribution in [0, 0.1) is 21.4 Å². The molecule has 6 nitrogen and oxygen atoms in total. The predicted molar refractivity (Wildman–Crippen MR) is 90.1 cm³/mol. The average molecular weight is 426 g/mol. The van der Waals surface area contributed by atoms with E-state index in [1.807, 2.05) is 6.07 Å². The first-order valence-electron chi connectivity index (χ1n) is 8.02. The van der Waals surface area contributed by atoms with E-state index in [-0.39, 0.29) is 23.0 Å². The topological polar surface area (TPSA) is 92.7 Å². The van der Waals surface area contributed by atoms with Crippen LogP contribution in [0.3, 0.4) is 0 Å².